The fourth-order valence-electron chi connectivity index (χ4n) is 3.68. The van der Waals surface area contributed by atoms with E-state index >= 15 is 0 Å². The van der Waals surface area contributed by atoms with E-state index in [0.717, 1.165) is 0 Å². The highest BCUT2D eigenvalue weighted by Crippen LogP contribution is 2.17. The summed E-state index contributed by atoms with van der Waals surface area (Å²) in [5.41, 5.74) is 0. The molecule has 12 nitrogen and oxygen atoms in total. The van der Waals surface area contributed by atoms with Crippen LogP contribution in [0.4, 0.5) is 0 Å². The maximum atomic E-state index is 11.7. The number of carbonyl (C=O) groups excluding carboxylic acids is 2. The maximum Gasteiger partial charge on any atom is 0.317 e. The highest BCUT2D eigenvalue weighted by molar-refractivity contribution is 5.89. The molecule has 2 aliphatic heterocycles. The Morgan fingerprint density at radius 1 is 0.767 bits per heavy atom. The fourth-order valence-corrected chi connectivity index (χ4v) is 3.68. The Balaban J connectivity index is 2.12. The van der Waals surface area contributed by atoms with Crippen LogP contribution in [-0.4, -0.2) is 137 Å². The maximum absolute atomic E-state index is 11.7. The normalized spacial score (nSPS) is 22.8. The minimum atomic E-state index is -0.985. The molecule has 0 aromatic carbocycles. The molecule has 170 valence electrons. The summed E-state index contributed by atoms with van der Waals surface area (Å²) in [7, 11) is 0. The van der Waals surface area contributed by atoms with Crippen molar-refractivity contribution in [1.29, 1.82) is 0 Å². The molecule has 0 aliphatic carbocycles. The lowest BCUT2D eigenvalue weighted by molar-refractivity contribution is -0.166. The molecule has 2 fully saturated rings. The Bertz CT molecular complexity index is 615. The monoisotopic (exact) mass is 430 g/mol. The van der Waals surface area contributed by atoms with Crippen molar-refractivity contribution in [3.05, 3.63) is 0 Å². The van der Waals surface area contributed by atoms with Crippen molar-refractivity contribution in [3.63, 3.8) is 0 Å². The zero-order chi connectivity index (χ0) is 22.1. The molecule has 12 heteroatoms. The zero-order valence-electron chi connectivity index (χ0n) is 16.9. The van der Waals surface area contributed by atoms with Crippen LogP contribution < -0.4 is 0 Å². The van der Waals surface area contributed by atoms with E-state index in [-0.39, 0.29) is 38.7 Å². The fraction of sp³-hybridized carbons (Fsp3) is 0.778. The molecule has 2 saturated heterocycles. The van der Waals surface area contributed by atoms with Gasteiger partial charge in [-0.3, -0.25) is 38.8 Å². The summed E-state index contributed by atoms with van der Waals surface area (Å²) >= 11 is 0. The van der Waals surface area contributed by atoms with Crippen molar-refractivity contribution in [1.82, 2.24) is 19.6 Å². The van der Waals surface area contributed by atoms with Gasteiger partial charge in [0.15, 0.2) is 0 Å². The average Bonchev–Trinajstić information content (AvgIpc) is 2.64. The highest BCUT2D eigenvalue weighted by Gasteiger charge is 2.32. The number of hydrogen-bond acceptors (Lipinski definition) is 10. The first kappa shape index (κ1) is 24.2. The second-order valence-corrected chi connectivity index (χ2v) is 7.54. The highest BCUT2D eigenvalue weighted by atomic mass is 16.6. The smallest absolute Gasteiger partial charge is 0.317 e. The van der Waals surface area contributed by atoms with Gasteiger partial charge in [0.2, 0.25) is 0 Å². The lowest BCUT2D eigenvalue weighted by Crippen LogP contribution is -2.51. The first-order chi connectivity index (χ1) is 14.3. The summed E-state index contributed by atoms with van der Waals surface area (Å²) in [6.07, 6.45) is 0.159. The second kappa shape index (κ2) is 11.9. The molecule has 2 heterocycles. The van der Waals surface area contributed by atoms with Gasteiger partial charge >= 0.3 is 23.9 Å². The van der Waals surface area contributed by atoms with E-state index in [4.69, 9.17) is 5.11 Å². The van der Waals surface area contributed by atoms with E-state index in [2.05, 4.69) is 4.74 Å². The summed E-state index contributed by atoms with van der Waals surface area (Å²) in [5, 5.41) is 28.0. The van der Waals surface area contributed by atoms with E-state index in [1.165, 1.54) is 0 Å². The van der Waals surface area contributed by atoms with Crippen LogP contribution in [0.2, 0.25) is 0 Å². The van der Waals surface area contributed by atoms with Crippen LogP contribution in [0.5, 0.6) is 0 Å². The molecule has 2 rings (SSSR count). The SMILES string of the molecule is O=C(O)CN1CCN(CO)CCN(C2CC(=O)OC(=O)C2)CCN(CC(=O)O)CC1. The number of ether oxygens (including phenoxy) is 1. The molecule has 2 aliphatic rings. The van der Waals surface area contributed by atoms with Gasteiger partial charge in [-0.15, -0.1) is 0 Å². The third kappa shape index (κ3) is 8.32. The van der Waals surface area contributed by atoms with Gasteiger partial charge in [-0.25, -0.2) is 0 Å². The van der Waals surface area contributed by atoms with Gasteiger partial charge in [0.25, 0.3) is 0 Å². The predicted molar refractivity (Wildman–Crippen MR) is 103 cm³/mol. The van der Waals surface area contributed by atoms with Crippen molar-refractivity contribution < 1.29 is 39.2 Å². The number of aliphatic hydroxyl groups excluding tert-OH is 1. The molecule has 0 aromatic heterocycles. The Labute approximate surface area is 174 Å². The Morgan fingerprint density at radius 2 is 1.17 bits per heavy atom. The first-order valence-corrected chi connectivity index (χ1v) is 9.96. The number of esters is 2. The van der Waals surface area contributed by atoms with Crippen molar-refractivity contribution >= 4 is 23.9 Å². The number of carboxylic acids is 2. The number of hydrogen-bond donors (Lipinski definition) is 3. The predicted octanol–water partition coefficient (Wildman–Crippen LogP) is -2.44. The number of rotatable bonds is 6. The van der Waals surface area contributed by atoms with Crippen LogP contribution >= 0.6 is 0 Å². The largest absolute Gasteiger partial charge is 0.480 e. The van der Waals surface area contributed by atoms with E-state index in [1.807, 2.05) is 4.90 Å². The molecule has 0 saturated carbocycles. The lowest BCUT2D eigenvalue weighted by atomic mass is 10.1. The van der Waals surface area contributed by atoms with Crippen molar-refractivity contribution in [2.75, 3.05) is 72.2 Å². The molecule has 0 atom stereocenters. The third-order valence-electron chi connectivity index (χ3n) is 5.34. The van der Waals surface area contributed by atoms with Gasteiger partial charge in [0.05, 0.1) is 32.7 Å². The summed E-state index contributed by atoms with van der Waals surface area (Å²) < 4.78 is 4.61. The molecule has 0 unspecified atom stereocenters. The van der Waals surface area contributed by atoms with Crippen molar-refractivity contribution in [3.8, 4) is 0 Å². The minimum Gasteiger partial charge on any atom is -0.480 e. The number of carbonyl (C=O) groups is 4. The summed E-state index contributed by atoms with van der Waals surface area (Å²) in [6.45, 7) is 2.73. The van der Waals surface area contributed by atoms with Crippen molar-refractivity contribution in [2.45, 2.75) is 18.9 Å². The number of aliphatic hydroxyl groups is 1. The van der Waals surface area contributed by atoms with Crippen LogP contribution in [0.1, 0.15) is 12.8 Å². The van der Waals surface area contributed by atoms with Gasteiger partial charge in [0, 0.05) is 58.4 Å². The molecule has 0 aromatic rings. The van der Waals surface area contributed by atoms with E-state index in [0.29, 0.717) is 52.4 Å². The van der Waals surface area contributed by atoms with E-state index < -0.39 is 23.9 Å². The van der Waals surface area contributed by atoms with Gasteiger partial charge in [-0.1, -0.05) is 0 Å². The van der Waals surface area contributed by atoms with Crippen LogP contribution in [0.25, 0.3) is 0 Å². The number of cyclic esters (lactones) is 2. The quantitative estimate of drug-likeness (QED) is 0.303. The zero-order valence-corrected chi connectivity index (χ0v) is 16.9. The average molecular weight is 430 g/mol. The number of carboxylic acid groups (broad SMARTS) is 2. The third-order valence-corrected chi connectivity index (χ3v) is 5.34. The molecule has 0 bridgehead atoms. The number of nitrogens with zero attached hydrogens (tertiary/aromatic N) is 4. The van der Waals surface area contributed by atoms with E-state index in [1.54, 1.807) is 14.7 Å². The molecular weight excluding hydrogens is 400 g/mol. The van der Waals surface area contributed by atoms with Crippen LogP contribution in [0.3, 0.4) is 0 Å². The summed E-state index contributed by atoms with van der Waals surface area (Å²) in [4.78, 5) is 53.0. The van der Waals surface area contributed by atoms with Crippen LogP contribution in [0, 0.1) is 0 Å². The van der Waals surface area contributed by atoms with Crippen molar-refractivity contribution in [2.24, 2.45) is 0 Å². The molecule has 0 spiro atoms. The number of aliphatic carboxylic acids is 2. The summed E-state index contributed by atoms with van der Waals surface area (Å²) in [5.74, 6) is -3.11. The lowest BCUT2D eigenvalue weighted by Gasteiger charge is -2.37. The van der Waals surface area contributed by atoms with Gasteiger partial charge in [-0.2, -0.15) is 0 Å². The molecular formula is C18H30N4O8. The second-order valence-electron chi connectivity index (χ2n) is 7.54. The van der Waals surface area contributed by atoms with Crippen LogP contribution in [-0.2, 0) is 23.9 Å². The first-order valence-electron chi connectivity index (χ1n) is 9.96. The van der Waals surface area contributed by atoms with E-state index in [9.17, 15) is 29.4 Å². The Hall–Kier alpha value is -2.12. The van der Waals surface area contributed by atoms with Gasteiger partial charge in [-0.05, 0) is 0 Å². The standard InChI is InChI=1S/C18H30N4O8/c23-13-21-4-3-19(11-15(24)25)1-2-20(12-16(26)27)5-7-22(8-6-21)14-9-17(28)30-18(29)10-14/h14,23H,1-13H2,(H,24,25)(H,26,27). The summed E-state index contributed by atoms with van der Waals surface area (Å²) in [6, 6.07) is -0.336. The molecule has 30 heavy (non-hydrogen) atoms. The Kier molecular flexibility index (Phi) is 9.59. The van der Waals surface area contributed by atoms with Gasteiger partial charge in [0.1, 0.15) is 0 Å². The molecule has 0 amide bonds. The van der Waals surface area contributed by atoms with Crippen LogP contribution in [0.15, 0.2) is 0 Å². The molecule has 3 N–H and O–H groups in total. The van der Waals surface area contributed by atoms with Gasteiger partial charge < -0.3 is 20.1 Å². The topological polar surface area (TPSA) is 151 Å². The molecule has 0 radical (unpaired) electrons. The Morgan fingerprint density at radius 3 is 1.60 bits per heavy atom. The minimum absolute atomic E-state index is 0.0795.